The van der Waals surface area contributed by atoms with Crippen LogP contribution in [0.25, 0.3) is 11.1 Å². The van der Waals surface area contributed by atoms with E-state index in [9.17, 15) is 9.59 Å². The monoisotopic (exact) mass is 389 g/mol. The minimum absolute atomic E-state index is 0.0146. The molecule has 1 N–H and O–H groups in total. The maximum atomic E-state index is 12.1. The van der Waals surface area contributed by atoms with Gasteiger partial charge in [0, 0.05) is 31.4 Å². The van der Waals surface area contributed by atoms with Gasteiger partial charge in [0.1, 0.15) is 11.9 Å². The number of hydrogen-bond donors (Lipinski definition) is 1. The third-order valence-corrected chi connectivity index (χ3v) is 5.17. The van der Waals surface area contributed by atoms with Crippen LogP contribution >= 0.6 is 0 Å². The summed E-state index contributed by atoms with van der Waals surface area (Å²) in [6.07, 6.45) is 4.36. The fraction of sp³-hybridized carbons (Fsp3) is 0.261. The van der Waals surface area contributed by atoms with Crippen LogP contribution in [-0.4, -0.2) is 15.5 Å². The van der Waals surface area contributed by atoms with Crippen molar-refractivity contribution < 1.29 is 9.53 Å². The minimum Gasteiger partial charge on any atom is -0.482 e. The molecule has 2 aromatic heterocycles. The fourth-order valence-corrected chi connectivity index (χ4v) is 3.62. The molecule has 0 unspecified atom stereocenters. The maximum absolute atomic E-state index is 12.1. The second-order valence-corrected chi connectivity index (χ2v) is 7.40. The number of pyridine rings is 2. The number of hydrogen-bond acceptors (Lipinski definition) is 4. The predicted molar refractivity (Wildman–Crippen MR) is 112 cm³/mol. The largest absolute Gasteiger partial charge is 0.482 e. The lowest BCUT2D eigenvalue weighted by molar-refractivity contribution is -0.116. The average Bonchev–Trinajstić information content (AvgIpc) is 2.72. The van der Waals surface area contributed by atoms with Crippen molar-refractivity contribution >= 4 is 11.6 Å². The number of amides is 1. The summed E-state index contributed by atoms with van der Waals surface area (Å²) in [4.78, 5) is 28.4. The lowest BCUT2D eigenvalue weighted by Gasteiger charge is -2.24. The molecule has 1 aromatic carbocycles. The fourth-order valence-electron chi connectivity index (χ4n) is 3.62. The Bertz CT molecular complexity index is 1110. The van der Waals surface area contributed by atoms with Crippen molar-refractivity contribution in [3.8, 4) is 16.9 Å². The first-order valence-corrected chi connectivity index (χ1v) is 9.64. The van der Waals surface area contributed by atoms with Crippen LogP contribution < -0.4 is 15.6 Å². The molecule has 0 aliphatic carbocycles. The zero-order chi connectivity index (χ0) is 20.5. The summed E-state index contributed by atoms with van der Waals surface area (Å²) in [7, 11) is 1.75. The smallest absolute Gasteiger partial charge is 0.253 e. The molecule has 0 saturated carbocycles. The maximum Gasteiger partial charge on any atom is 0.253 e. The molecule has 1 aliphatic rings. The number of benzene rings is 1. The molecule has 4 rings (SSSR count). The summed E-state index contributed by atoms with van der Waals surface area (Å²) in [6.45, 7) is 3.74. The van der Waals surface area contributed by atoms with E-state index < -0.39 is 0 Å². The Hall–Kier alpha value is -3.41. The summed E-state index contributed by atoms with van der Waals surface area (Å²) in [5, 5.41) is 2.96. The molecule has 1 aliphatic heterocycles. The van der Waals surface area contributed by atoms with Gasteiger partial charge in [0.05, 0.1) is 11.4 Å². The highest BCUT2D eigenvalue weighted by Gasteiger charge is 2.22. The normalized spacial score (nSPS) is 14.1. The molecule has 148 valence electrons. The molecule has 1 amide bonds. The zero-order valence-electron chi connectivity index (χ0n) is 16.7. The van der Waals surface area contributed by atoms with E-state index in [0.29, 0.717) is 29.8 Å². The molecule has 0 fully saturated rings. The van der Waals surface area contributed by atoms with Crippen LogP contribution in [0.15, 0.2) is 53.6 Å². The van der Waals surface area contributed by atoms with Crippen LogP contribution in [-0.2, 0) is 18.3 Å². The van der Waals surface area contributed by atoms with Crippen LogP contribution in [0.2, 0.25) is 0 Å². The molecule has 0 spiro atoms. The van der Waals surface area contributed by atoms with Gasteiger partial charge in [0.25, 0.3) is 5.56 Å². The van der Waals surface area contributed by atoms with Gasteiger partial charge >= 0.3 is 0 Å². The molecular formula is C23H23N3O3. The Labute approximate surface area is 169 Å². The molecule has 29 heavy (non-hydrogen) atoms. The van der Waals surface area contributed by atoms with Gasteiger partial charge in [-0.15, -0.1) is 0 Å². The van der Waals surface area contributed by atoms with Crippen LogP contribution in [0.4, 0.5) is 5.69 Å². The first-order valence-electron chi connectivity index (χ1n) is 9.64. The van der Waals surface area contributed by atoms with Crippen molar-refractivity contribution in [1.82, 2.24) is 9.55 Å². The van der Waals surface area contributed by atoms with Gasteiger partial charge in [-0.3, -0.25) is 14.6 Å². The van der Waals surface area contributed by atoms with E-state index >= 15 is 0 Å². The van der Waals surface area contributed by atoms with E-state index in [2.05, 4.69) is 16.4 Å². The number of aromatic nitrogens is 2. The highest BCUT2D eigenvalue weighted by molar-refractivity contribution is 5.96. The Balaban J connectivity index is 1.80. The first-order chi connectivity index (χ1) is 13.9. The Kier molecular flexibility index (Phi) is 4.92. The Morgan fingerprint density at radius 2 is 1.97 bits per heavy atom. The third kappa shape index (κ3) is 3.78. The summed E-state index contributed by atoms with van der Waals surface area (Å²) in [5.41, 5.74) is 5.10. The number of nitrogens with zero attached hydrogens (tertiary/aromatic N) is 2. The van der Waals surface area contributed by atoms with Crippen LogP contribution in [0.5, 0.6) is 5.75 Å². The zero-order valence-corrected chi connectivity index (χ0v) is 16.7. The van der Waals surface area contributed by atoms with Crippen LogP contribution in [0.1, 0.15) is 36.3 Å². The van der Waals surface area contributed by atoms with Crippen LogP contribution in [0, 0.1) is 6.92 Å². The van der Waals surface area contributed by atoms with Crippen LogP contribution in [0.3, 0.4) is 0 Å². The topological polar surface area (TPSA) is 73.2 Å². The Morgan fingerprint density at radius 1 is 1.14 bits per heavy atom. The highest BCUT2D eigenvalue weighted by Crippen LogP contribution is 2.39. The standard InChI is InChI=1S/C23H23N3O3/c1-14-10-18(13-26(3)23(14)28)17-11-16-7-8-21(27)25-22(16)20(12-17)29-15(2)19-6-4-5-9-24-19/h4-6,9-13,15H,7-8H2,1-3H3,(H,25,27)/t15-/m1/s1. The summed E-state index contributed by atoms with van der Waals surface area (Å²) in [5.74, 6) is 0.591. The quantitative estimate of drug-likeness (QED) is 0.737. The van der Waals surface area contributed by atoms with Crippen molar-refractivity contribution in [3.05, 3.63) is 76.0 Å². The third-order valence-electron chi connectivity index (χ3n) is 5.17. The molecule has 0 radical (unpaired) electrons. The summed E-state index contributed by atoms with van der Waals surface area (Å²) in [6, 6.07) is 11.6. The number of nitrogens with one attached hydrogen (secondary N) is 1. The number of aryl methyl sites for hydroxylation is 3. The van der Waals surface area contributed by atoms with Gasteiger partial charge in [-0.25, -0.2) is 0 Å². The van der Waals surface area contributed by atoms with Crippen molar-refractivity contribution in [3.63, 3.8) is 0 Å². The van der Waals surface area contributed by atoms with E-state index in [1.54, 1.807) is 17.8 Å². The summed E-state index contributed by atoms with van der Waals surface area (Å²) < 4.78 is 7.83. The lowest BCUT2D eigenvalue weighted by Crippen LogP contribution is -2.21. The van der Waals surface area contributed by atoms with E-state index in [0.717, 1.165) is 22.4 Å². The second-order valence-electron chi connectivity index (χ2n) is 7.40. The molecule has 6 heteroatoms. The predicted octanol–water partition coefficient (Wildman–Crippen LogP) is 3.78. The molecule has 1 atom stereocenters. The first kappa shape index (κ1) is 18.9. The number of carbonyl (C=O) groups is 1. The molecule has 6 nitrogen and oxygen atoms in total. The SMILES string of the molecule is Cc1cc(-c2cc3c(c(O[C@H](C)c4ccccn4)c2)NC(=O)CC3)cn(C)c1=O. The average molecular weight is 389 g/mol. The van der Waals surface area contributed by atoms with Gasteiger partial charge in [-0.05, 0) is 67.3 Å². The van der Waals surface area contributed by atoms with E-state index in [4.69, 9.17) is 4.74 Å². The molecular weight excluding hydrogens is 366 g/mol. The number of anilines is 1. The second kappa shape index (κ2) is 7.54. The van der Waals surface area contributed by atoms with Gasteiger partial charge in [0.2, 0.25) is 5.91 Å². The van der Waals surface area contributed by atoms with Crippen molar-refractivity contribution in [1.29, 1.82) is 0 Å². The molecule has 0 bridgehead atoms. The number of rotatable bonds is 4. The number of fused-ring (bicyclic) bond motifs is 1. The van der Waals surface area contributed by atoms with Crippen molar-refractivity contribution in [2.45, 2.75) is 32.8 Å². The van der Waals surface area contributed by atoms with Crippen molar-refractivity contribution in [2.24, 2.45) is 7.05 Å². The van der Waals surface area contributed by atoms with Gasteiger partial charge in [-0.1, -0.05) is 6.07 Å². The Morgan fingerprint density at radius 3 is 2.69 bits per heavy atom. The minimum atomic E-state index is -0.281. The summed E-state index contributed by atoms with van der Waals surface area (Å²) >= 11 is 0. The number of ether oxygens (including phenoxy) is 1. The molecule has 3 heterocycles. The van der Waals surface area contributed by atoms with Gasteiger partial charge in [0.15, 0.2) is 0 Å². The van der Waals surface area contributed by atoms with E-state index in [1.165, 1.54) is 0 Å². The lowest BCUT2D eigenvalue weighted by atomic mass is 9.96. The van der Waals surface area contributed by atoms with Gasteiger partial charge in [-0.2, -0.15) is 0 Å². The molecule has 3 aromatic rings. The number of carbonyl (C=O) groups excluding carboxylic acids is 1. The van der Waals surface area contributed by atoms with E-state index in [-0.39, 0.29) is 17.6 Å². The van der Waals surface area contributed by atoms with Crippen molar-refractivity contribution in [2.75, 3.05) is 5.32 Å². The van der Waals surface area contributed by atoms with Gasteiger partial charge < -0.3 is 14.6 Å². The highest BCUT2D eigenvalue weighted by atomic mass is 16.5. The molecule has 0 saturated heterocycles. The van der Waals surface area contributed by atoms with E-state index in [1.807, 2.05) is 50.4 Å².